The van der Waals surface area contributed by atoms with Gasteiger partial charge in [-0.2, -0.15) is 0 Å². The molecule has 7 nitrogen and oxygen atoms in total. The highest BCUT2D eigenvalue weighted by molar-refractivity contribution is 5.64. The number of carbonyl (C=O) groups is 1. The molecule has 2 aromatic carbocycles. The second-order valence-electron chi connectivity index (χ2n) is 4.92. The lowest BCUT2D eigenvalue weighted by atomic mass is 10.1. The molecule has 118 valence electrons. The summed E-state index contributed by atoms with van der Waals surface area (Å²) in [5.41, 5.74) is 0.952. The van der Waals surface area contributed by atoms with E-state index in [4.69, 9.17) is 14.2 Å². The molecule has 0 saturated carbocycles. The monoisotopic (exact) mass is 315 g/mol. The average Bonchev–Trinajstić information content (AvgIpc) is 3.34. The van der Waals surface area contributed by atoms with Crippen molar-refractivity contribution in [3.63, 3.8) is 0 Å². The van der Waals surface area contributed by atoms with Crippen molar-refractivity contribution < 1.29 is 23.9 Å². The lowest BCUT2D eigenvalue weighted by molar-refractivity contribution is -0.384. The van der Waals surface area contributed by atoms with Crippen LogP contribution in [0.2, 0.25) is 0 Å². The molecule has 0 spiro atoms. The molecule has 0 aliphatic carbocycles. The lowest BCUT2D eigenvalue weighted by Gasteiger charge is -2.04. The van der Waals surface area contributed by atoms with E-state index in [0.29, 0.717) is 0 Å². The van der Waals surface area contributed by atoms with Crippen molar-refractivity contribution in [2.45, 2.75) is 12.2 Å². The third kappa shape index (κ3) is 3.83. The molecule has 2 aromatic rings. The number of hydrogen-bond acceptors (Lipinski definition) is 6. The maximum absolute atomic E-state index is 11.6. The highest BCUT2D eigenvalue weighted by Crippen LogP contribution is 2.38. The predicted molar refractivity (Wildman–Crippen MR) is 79.1 cm³/mol. The number of epoxide rings is 1. The summed E-state index contributed by atoms with van der Waals surface area (Å²) < 4.78 is 15.3. The Morgan fingerprint density at radius 3 is 2.48 bits per heavy atom. The molecule has 1 saturated heterocycles. The van der Waals surface area contributed by atoms with Crippen LogP contribution in [0, 0.1) is 10.1 Å². The maximum atomic E-state index is 11.6. The quantitative estimate of drug-likeness (QED) is 0.276. The number of benzene rings is 2. The van der Waals surface area contributed by atoms with Gasteiger partial charge in [-0.3, -0.25) is 10.1 Å². The van der Waals surface area contributed by atoms with Gasteiger partial charge in [0, 0.05) is 12.1 Å². The van der Waals surface area contributed by atoms with Crippen LogP contribution in [-0.4, -0.2) is 23.8 Å². The molecule has 0 bridgehead atoms. The Labute approximate surface area is 131 Å². The number of carbonyl (C=O) groups excluding carboxylic acids is 1. The smallest absolute Gasteiger partial charge is 0.431 e. The molecular formula is C16H13NO6. The van der Waals surface area contributed by atoms with Gasteiger partial charge in [-0.15, -0.1) is 0 Å². The van der Waals surface area contributed by atoms with E-state index in [9.17, 15) is 14.9 Å². The SMILES string of the molecule is O=C(OC[C@H]1O[C@@H]1c1ccccc1)Oc1ccc([N+](=O)[O-])cc1. The van der Waals surface area contributed by atoms with Crippen LogP contribution < -0.4 is 4.74 Å². The lowest BCUT2D eigenvalue weighted by Crippen LogP contribution is -2.14. The van der Waals surface area contributed by atoms with Gasteiger partial charge < -0.3 is 14.2 Å². The van der Waals surface area contributed by atoms with E-state index in [-0.39, 0.29) is 30.3 Å². The van der Waals surface area contributed by atoms with Gasteiger partial charge in [0.1, 0.15) is 24.6 Å². The second-order valence-corrected chi connectivity index (χ2v) is 4.92. The molecule has 0 aromatic heterocycles. The summed E-state index contributed by atoms with van der Waals surface area (Å²) in [4.78, 5) is 21.6. The Balaban J connectivity index is 1.45. The van der Waals surface area contributed by atoms with Gasteiger partial charge in [-0.05, 0) is 17.7 Å². The van der Waals surface area contributed by atoms with E-state index in [1.807, 2.05) is 30.3 Å². The molecule has 1 aliphatic heterocycles. The maximum Gasteiger partial charge on any atom is 0.513 e. The number of nitrogens with zero attached hydrogens (tertiary/aromatic N) is 1. The molecule has 0 amide bonds. The Morgan fingerprint density at radius 2 is 1.83 bits per heavy atom. The zero-order valence-electron chi connectivity index (χ0n) is 12.0. The first kappa shape index (κ1) is 15.0. The number of nitro groups is 1. The Hall–Kier alpha value is -2.93. The van der Waals surface area contributed by atoms with Gasteiger partial charge in [0.05, 0.1) is 4.92 Å². The number of ether oxygens (including phenoxy) is 3. The first-order valence-corrected chi connectivity index (χ1v) is 6.93. The molecule has 7 heteroatoms. The van der Waals surface area contributed by atoms with Crippen molar-refractivity contribution in [2.75, 3.05) is 6.61 Å². The first-order chi connectivity index (χ1) is 11.1. The molecule has 0 radical (unpaired) electrons. The van der Waals surface area contributed by atoms with E-state index in [2.05, 4.69) is 0 Å². The fourth-order valence-electron chi connectivity index (χ4n) is 2.12. The van der Waals surface area contributed by atoms with Crippen molar-refractivity contribution in [3.05, 3.63) is 70.3 Å². The standard InChI is InChI=1S/C16H13NO6/c18-16(22-13-8-6-12(7-9-13)17(19)20)21-10-14-15(23-14)11-4-2-1-3-5-11/h1-9,14-15H,10H2/t14-,15-/m1/s1. The van der Waals surface area contributed by atoms with Crippen LogP contribution in [0.15, 0.2) is 54.6 Å². The number of hydrogen-bond donors (Lipinski definition) is 0. The summed E-state index contributed by atoms with van der Waals surface area (Å²) in [7, 11) is 0. The number of rotatable bonds is 5. The summed E-state index contributed by atoms with van der Waals surface area (Å²) in [6.45, 7) is 0.0887. The topological polar surface area (TPSA) is 91.2 Å². The fraction of sp³-hybridized carbons (Fsp3) is 0.188. The highest BCUT2D eigenvalue weighted by Gasteiger charge is 2.41. The van der Waals surface area contributed by atoms with Crippen LogP contribution in [0.3, 0.4) is 0 Å². The summed E-state index contributed by atoms with van der Waals surface area (Å²) in [5.74, 6) is 0.178. The van der Waals surface area contributed by atoms with Crippen LogP contribution >= 0.6 is 0 Å². The van der Waals surface area contributed by atoms with Crippen molar-refractivity contribution in [1.82, 2.24) is 0 Å². The molecule has 3 rings (SSSR count). The van der Waals surface area contributed by atoms with Gasteiger partial charge in [0.25, 0.3) is 5.69 Å². The van der Waals surface area contributed by atoms with E-state index < -0.39 is 11.1 Å². The van der Waals surface area contributed by atoms with Crippen molar-refractivity contribution in [3.8, 4) is 5.75 Å². The van der Waals surface area contributed by atoms with Crippen molar-refractivity contribution >= 4 is 11.8 Å². The van der Waals surface area contributed by atoms with Gasteiger partial charge in [-0.1, -0.05) is 30.3 Å². The zero-order chi connectivity index (χ0) is 16.2. The second kappa shape index (κ2) is 6.45. The molecule has 0 N–H and O–H groups in total. The van der Waals surface area contributed by atoms with Crippen LogP contribution in [-0.2, 0) is 9.47 Å². The van der Waals surface area contributed by atoms with Crippen LogP contribution in [0.5, 0.6) is 5.75 Å². The fourth-order valence-corrected chi connectivity index (χ4v) is 2.12. The van der Waals surface area contributed by atoms with E-state index >= 15 is 0 Å². The normalized spacial score (nSPS) is 19.0. The van der Waals surface area contributed by atoms with Crippen LogP contribution in [0.25, 0.3) is 0 Å². The van der Waals surface area contributed by atoms with Crippen LogP contribution in [0.1, 0.15) is 11.7 Å². The molecule has 1 aliphatic rings. The Kier molecular flexibility index (Phi) is 4.20. The third-order valence-electron chi connectivity index (χ3n) is 3.32. The Bertz CT molecular complexity index is 700. The minimum atomic E-state index is -0.874. The summed E-state index contributed by atoms with van der Waals surface area (Å²) >= 11 is 0. The third-order valence-corrected chi connectivity index (χ3v) is 3.32. The predicted octanol–water partition coefficient (Wildman–Crippen LogP) is 3.25. The minimum Gasteiger partial charge on any atom is -0.431 e. The van der Waals surface area contributed by atoms with Gasteiger partial charge >= 0.3 is 6.16 Å². The first-order valence-electron chi connectivity index (χ1n) is 6.93. The summed E-state index contributed by atoms with van der Waals surface area (Å²) in [5, 5.41) is 10.5. The van der Waals surface area contributed by atoms with Gasteiger partial charge in [0.15, 0.2) is 0 Å². The summed E-state index contributed by atoms with van der Waals surface area (Å²) in [6, 6.07) is 14.8. The molecular weight excluding hydrogens is 302 g/mol. The number of non-ortho nitro benzene ring substituents is 1. The van der Waals surface area contributed by atoms with E-state index in [1.165, 1.54) is 24.3 Å². The largest absolute Gasteiger partial charge is 0.513 e. The molecule has 1 heterocycles. The van der Waals surface area contributed by atoms with E-state index in [0.717, 1.165) is 5.56 Å². The van der Waals surface area contributed by atoms with E-state index in [1.54, 1.807) is 0 Å². The van der Waals surface area contributed by atoms with Crippen molar-refractivity contribution in [1.29, 1.82) is 0 Å². The average molecular weight is 315 g/mol. The summed E-state index contributed by atoms with van der Waals surface area (Å²) in [6.07, 6.45) is -1.12. The van der Waals surface area contributed by atoms with Crippen LogP contribution in [0.4, 0.5) is 10.5 Å². The van der Waals surface area contributed by atoms with Crippen molar-refractivity contribution in [2.24, 2.45) is 0 Å². The highest BCUT2D eigenvalue weighted by atomic mass is 16.7. The molecule has 0 unspecified atom stereocenters. The molecule has 1 fully saturated rings. The van der Waals surface area contributed by atoms with Gasteiger partial charge in [-0.25, -0.2) is 4.79 Å². The molecule has 23 heavy (non-hydrogen) atoms. The minimum absolute atomic E-state index is 0.0663. The Morgan fingerprint density at radius 1 is 1.13 bits per heavy atom. The number of nitro benzene ring substituents is 1. The molecule has 2 atom stereocenters. The van der Waals surface area contributed by atoms with Gasteiger partial charge in [0.2, 0.25) is 0 Å². The zero-order valence-corrected chi connectivity index (χ0v) is 12.0.